The average molecular weight is 572 g/mol. The van der Waals surface area contributed by atoms with E-state index in [1.165, 1.54) is 12.1 Å². The van der Waals surface area contributed by atoms with Crippen LogP contribution in [0, 0.1) is 5.82 Å². The number of rotatable bonds is 8. The van der Waals surface area contributed by atoms with Crippen LogP contribution in [-0.4, -0.2) is 43.6 Å². The Kier molecular flexibility index (Phi) is 6.93. The van der Waals surface area contributed by atoms with E-state index in [1.54, 1.807) is 29.3 Å². The van der Waals surface area contributed by atoms with Crippen molar-refractivity contribution in [3.8, 4) is 11.1 Å². The number of hydrogen-bond acceptors (Lipinski definition) is 8. The van der Waals surface area contributed by atoms with E-state index in [9.17, 15) is 22.4 Å². The van der Waals surface area contributed by atoms with E-state index in [-0.39, 0.29) is 42.6 Å². The molecule has 41 heavy (non-hydrogen) atoms. The molecule has 1 aromatic carbocycles. The molecule has 0 spiro atoms. The highest BCUT2D eigenvalue weighted by Gasteiger charge is 2.66. The maximum Gasteiger partial charge on any atom is 0.401 e. The first kappa shape index (κ1) is 26.9. The molecule has 4 aromatic rings. The summed E-state index contributed by atoms with van der Waals surface area (Å²) in [5.74, 6) is -1.44. The Bertz CT molecular complexity index is 1540. The summed E-state index contributed by atoms with van der Waals surface area (Å²) in [6.07, 6.45) is 4.52. The molecule has 1 aliphatic carbocycles. The molecule has 1 amide bonds. The van der Waals surface area contributed by atoms with Crippen molar-refractivity contribution in [1.29, 1.82) is 0 Å². The first-order valence-electron chi connectivity index (χ1n) is 13.1. The third-order valence-electron chi connectivity index (χ3n) is 7.24. The average Bonchev–Trinajstić information content (AvgIpc) is 3.45. The number of carbonyl (C=O) groups excluding carboxylic acids is 1. The fourth-order valence-corrected chi connectivity index (χ4v) is 4.75. The summed E-state index contributed by atoms with van der Waals surface area (Å²) in [7, 11) is 0. The monoisotopic (exact) mass is 571 g/mol. The van der Waals surface area contributed by atoms with Crippen LogP contribution < -0.4 is 10.6 Å². The van der Waals surface area contributed by atoms with Gasteiger partial charge in [0.25, 0.3) is 0 Å². The number of carbonyl (C=O) groups is 1. The van der Waals surface area contributed by atoms with Crippen molar-refractivity contribution >= 4 is 23.4 Å². The zero-order valence-corrected chi connectivity index (χ0v) is 21.6. The summed E-state index contributed by atoms with van der Waals surface area (Å²) in [6, 6.07) is 5.40. The van der Waals surface area contributed by atoms with Crippen LogP contribution in [0.15, 0.2) is 53.6 Å². The summed E-state index contributed by atoms with van der Waals surface area (Å²) in [5.41, 5.74) is -0.179. The third kappa shape index (κ3) is 5.64. The third-order valence-corrected chi connectivity index (χ3v) is 7.24. The van der Waals surface area contributed by atoms with Gasteiger partial charge in [-0.3, -0.25) is 4.79 Å². The molecular formula is C27H25F4N7O3. The molecule has 1 saturated heterocycles. The Labute approximate surface area is 231 Å². The van der Waals surface area contributed by atoms with Gasteiger partial charge in [-0.2, -0.15) is 18.3 Å². The number of benzene rings is 1. The predicted octanol–water partition coefficient (Wildman–Crippen LogP) is 5.69. The van der Waals surface area contributed by atoms with Gasteiger partial charge >= 0.3 is 6.18 Å². The zero-order chi connectivity index (χ0) is 28.6. The molecular weight excluding hydrogens is 546 g/mol. The Hall–Kier alpha value is -4.33. The van der Waals surface area contributed by atoms with Gasteiger partial charge in [-0.15, -0.1) is 0 Å². The number of aromatic nitrogens is 5. The largest absolute Gasteiger partial charge is 0.401 e. The van der Waals surface area contributed by atoms with Crippen molar-refractivity contribution < 1.29 is 31.6 Å². The fraction of sp³-hybridized carbons (Fsp3) is 0.370. The summed E-state index contributed by atoms with van der Waals surface area (Å²) < 4.78 is 67.0. The quantitative estimate of drug-likeness (QED) is 0.259. The summed E-state index contributed by atoms with van der Waals surface area (Å²) in [4.78, 5) is 21.0. The van der Waals surface area contributed by atoms with E-state index in [0.29, 0.717) is 29.4 Å². The maximum atomic E-state index is 14.8. The van der Waals surface area contributed by atoms with Gasteiger partial charge < -0.3 is 19.9 Å². The lowest BCUT2D eigenvalue weighted by Crippen LogP contribution is -2.28. The normalized spacial score (nSPS) is 18.2. The second-order valence-electron chi connectivity index (χ2n) is 10.1. The summed E-state index contributed by atoms with van der Waals surface area (Å²) in [6.45, 7) is 0.713. The second kappa shape index (κ2) is 10.6. The SMILES string of the molecule is O=C(Cc1ccc(-c2cnc(Nc3cnn(C4CCCCO4)c3)nc2)cc1F)Nc1cc(C2(C(F)(F)F)CC2)on1. The van der Waals surface area contributed by atoms with E-state index >= 15 is 0 Å². The van der Waals surface area contributed by atoms with Gasteiger partial charge in [0, 0.05) is 30.6 Å². The highest BCUT2D eigenvalue weighted by atomic mass is 19.4. The van der Waals surface area contributed by atoms with Crippen molar-refractivity contribution in [2.45, 2.75) is 56.3 Å². The van der Waals surface area contributed by atoms with Gasteiger partial charge in [-0.05, 0) is 49.3 Å². The standard InChI is InChI=1S/C27H25F4N7O3/c28-20-9-16(18-12-32-25(33-13-18)35-19-14-34-38(15-19)24-3-1-2-8-40-24)4-5-17(20)10-23(39)36-22-11-21(41-37-22)26(6-7-26)27(29,30)31/h4-5,9,11-15,24H,1-3,6-8,10H2,(H,32,33,35)(H,36,37,39). The molecule has 2 aliphatic rings. The molecule has 1 aliphatic heterocycles. The van der Waals surface area contributed by atoms with Crippen LogP contribution >= 0.6 is 0 Å². The van der Waals surface area contributed by atoms with Crippen LogP contribution in [0.4, 0.5) is 35.0 Å². The molecule has 3 aromatic heterocycles. The van der Waals surface area contributed by atoms with Crippen molar-refractivity contribution in [3.05, 3.63) is 66.2 Å². The van der Waals surface area contributed by atoms with E-state index in [1.807, 2.05) is 6.20 Å². The molecule has 2 N–H and O–H groups in total. The number of hydrogen-bond donors (Lipinski definition) is 2. The molecule has 6 rings (SSSR count). The lowest BCUT2D eigenvalue weighted by atomic mass is 10.0. The van der Waals surface area contributed by atoms with Crippen LogP contribution in [0.3, 0.4) is 0 Å². The number of anilines is 3. The number of amides is 1. The smallest absolute Gasteiger partial charge is 0.358 e. The molecule has 14 heteroatoms. The molecule has 1 saturated carbocycles. The highest BCUT2D eigenvalue weighted by molar-refractivity contribution is 5.91. The van der Waals surface area contributed by atoms with Gasteiger partial charge in [0.15, 0.2) is 11.6 Å². The van der Waals surface area contributed by atoms with E-state index in [4.69, 9.17) is 9.26 Å². The maximum absolute atomic E-state index is 14.8. The molecule has 2 fully saturated rings. The Balaban J connectivity index is 1.06. The summed E-state index contributed by atoms with van der Waals surface area (Å²) in [5, 5.41) is 13.3. The van der Waals surface area contributed by atoms with Gasteiger partial charge in [-0.25, -0.2) is 19.0 Å². The molecule has 0 radical (unpaired) electrons. The second-order valence-corrected chi connectivity index (χ2v) is 10.1. The van der Waals surface area contributed by atoms with E-state index in [0.717, 1.165) is 25.3 Å². The first-order valence-corrected chi connectivity index (χ1v) is 13.1. The van der Waals surface area contributed by atoms with Crippen LogP contribution in [0.25, 0.3) is 11.1 Å². The molecule has 0 bridgehead atoms. The van der Waals surface area contributed by atoms with Crippen LogP contribution in [-0.2, 0) is 21.4 Å². The van der Waals surface area contributed by atoms with Gasteiger partial charge in [0.2, 0.25) is 11.9 Å². The molecule has 10 nitrogen and oxygen atoms in total. The highest BCUT2D eigenvalue weighted by Crippen LogP contribution is 2.59. The van der Waals surface area contributed by atoms with Gasteiger partial charge in [0.1, 0.15) is 17.5 Å². The molecule has 4 heterocycles. The minimum Gasteiger partial charge on any atom is -0.358 e. The number of ether oxygens (including phenoxy) is 1. The van der Waals surface area contributed by atoms with Gasteiger partial charge in [-0.1, -0.05) is 17.3 Å². The Morgan fingerprint density at radius 3 is 2.59 bits per heavy atom. The first-order chi connectivity index (χ1) is 19.7. The topological polar surface area (TPSA) is 120 Å². The lowest BCUT2D eigenvalue weighted by Gasteiger charge is -2.22. The zero-order valence-electron chi connectivity index (χ0n) is 21.6. The number of nitrogens with zero attached hydrogens (tertiary/aromatic N) is 5. The minimum atomic E-state index is -4.46. The van der Waals surface area contributed by atoms with E-state index < -0.39 is 23.3 Å². The number of alkyl halides is 3. The van der Waals surface area contributed by atoms with Crippen LogP contribution in [0.2, 0.25) is 0 Å². The van der Waals surface area contributed by atoms with Gasteiger partial charge in [0.05, 0.1) is 24.5 Å². The fourth-order valence-electron chi connectivity index (χ4n) is 4.75. The van der Waals surface area contributed by atoms with Crippen LogP contribution in [0.1, 0.15) is 49.7 Å². The molecule has 214 valence electrons. The van der Waals surface area contributed by atoms with E-state index in [2.05, 4.69) is 30.9 Å². The van der Waals surface area contributed by atoms with Crippen molar-refractivity contribution in [2.75, 3.05) is 17.2 Å². The number of nitrogens with one attached hydrogen (secondary N) is 2. The lowest BCUT2D eigenvalue weighted by molar-refractivity contribution is -0.165. The predicted molar refractivity (Wildman–Crippen MR) is 138 cm³/mol. The van der Waals surface area contributed by atoms with Crippen molar-refractivity contribution in [2.24, 2.45) is 0 Å². The van der Waals surface area contributed by atoms with Crippen LogP contribution in [0.5, 0.6) is 0 Å². The van der Waals surface area contributed by atoms with Crippen molar-refractivity contribution in [1.82, 2.24) is 24.9 Å². The molecule has 1 unspecified atom stereocenters. The summed E-state index contributed by atoms with van der Waals surface area (Å²) >= 11 is 0. The molecule has 1 atom stereocenters. The van der Waals surface area contributed by atoms with Crippen molar-refractivity contribution in [3.63, 3.8) is 0 Å². The Morgan fingerprint density at radius 2 is 1.90 bits per heavy atom. The Morgan fingerprint density at radius 1 is 1.10 bits per heavy atom. The number of halogens is 4. The minimum absolute atomic E-state index is 0.0835.